The minimum atomic E-state index is -0.556. The van der Waals surface area contributed by atoms with E-state index in [0.717, 1.165) is 30.5 Å². The van der Waals surface area contributed by atoms with Crippen molar-refractivity contribution in [3.63, 3.8) is 0 Å². The summed E-state index contributed by atoms with van der Waals surface area (Å²) in [7, 11) is 10.2. The van der Waals surface area contributed by atoms with E-state index in [1.165, 1.54) is 27.6 Å². The summed E-state index contributed by atoms with van der Waals surface area (Å²) in [6.07, 6.45) is 0. The van der Waals surface area contributed by atoms with E-state index in [1.54, 1.807) is 0 Å². The van der Waals surface area contributed by atoms with Gasteiger partial charge in [-0.3, -0.25) is 4.90 Å². The Morgan fingerprint density at radius 1 is 0.903 bits per heavy atom. The molecule has 0 aliphatic heterocycles. The molecule has 3 aromatic carbocycles. The number of phenols is 1. The Balaban J connectivity index is 0.00000107. The molecule has 1 atom stereocenters. The van der Waals surface area contributed by atoms with E-state index in [0.29, 0.717) is 14.3 Å². The van der Waals surface area contributed by atoms with Crippen molar-refractivity contribution in [1.82, 2.24) is 4.90 Å². The monoisotopic (exact) mass is 509 g/mol. The van der Waals surface area contributed by atoms with Crippen molar-refractivity contribution in [2.45, 2.75) is 40.8 Å². The molecule has 3 rings (SSSR count). The van der Waals surface area contributed by atoms with Gasteiger partial charge in [0.1, 0.15) is 5.75 Å². The second-order valence-corrected chi connectivity index (χ2v) is 11.4. The van der Waals surface area contributed by atoms with Crippen molar-refractivity contribution in [2.75, 3.05) is 6.54 Å². The molecule has 0 aromatic heterocycles. The minimum absolute atomic E-state index is 0.440. The van der Waals surface area contributed by atoms with Crippen molar-refractivity contribution in [1.29, 1.82) is 0 Å². The fourth-order valence-corrected chi connectivity index (χ4v) is 5.08. The Labute approximate surface area is 205 Å². The van der Waals surface area contributed by atoms with E-state index in [9.17, 15) is 5.11 Å². The molecule has 0 aliphatic rings. The summed E-state index contributed by atoms with van der Waals surface area (Å²) < 4.78 is 0. The molecule has 6 heteroatoms. The van der Waals surface area contributed by atoms with Crippen molar-refractivity contribution < 1.29 is 22.1 Å². The summed E-state index contributed by atoms with van der Waals surface area (Å²) in [5.41, 5.74) is 6.15. The molecule has 0 bridgehead atoms. The van der Waals surface area contributed by atoms with Crippen LogP contribution < -0.4 is 10.6 Å². The summed E-state index contributed by atoms with van der Waals surface area (Å²) in [6.45, 7) is 11.3. The molecule has 1 N–H and O–H groups in total. The summed E-state index contributed by atoms with van der Waals surface area (Å²) in [5.74, 6) is 0.440. The molecule has 2 nitrogen and oxygen atoms in total. The third-order valence-corrected chi connectivity index (χ3v) is 6.77. The number of hydrogen-bond acceptors (Lipinski definition) is 2. The Hall–Kier alpha value is -0.856. The Bertz CT molecular complexity index is 969. The van der Waals surface area contributed by atoms with Crippen LogP contribution in [0.25, 0.3) is 0 Å². The van der Waals surface area contributed by atoms with Crippen LogP contribution in [0.2, 0.25) is 0 Å². The normalized spacial score (nSPS) is 10.9. The first kappa shape index (κ1) is 26.4. The van der Waals surface area contributed by atoms with Gasteiger partial charge in [0.2, 0.25) is 0 Å². The fourth-order valence-electron chi connectivity index (χ4n) is 3.59. The molecular formula is C25H30Cl2NOPTi. The first-order chi connectivity index (χ1) is 14.9. The van der Waals surface area contributed by atoms with E-state index in [2.05, 4.69) is 80.3 Å². The quantitative estimate of drug-likeness (QED) is 0.296. The van der Waals surface area contributed by atoms with Gasteiger partial charge in [0.05, 0.1) is 0 Å². The van der Waals surface area contributed by atoms with Gasteiger partial charge >= 0.3 is 35.6 Å². The van der Waals surface area contributed by atoms with Crippen molar-refractivity contribution in [3.8, 4) is 5.75 Å². The van der Waals surface area contributed by atoms with Gasteiger partial charge in [-0.15, -0.1) is 0 Å². The van der Waals surface area contributed by atoms with Gasteiger partial charge in [-0.1, -0.05) is 70.1 Å². The van der Waals surface area contributed by atoms with Crippen molar-refractivity contribution in [3.05, 3.63) is 88.5 Å². The number of rotatable bonds is 7. The number of benzene rings is 3. The third-order valence-electron chi connectivity index (χ3n) is 5.15. The molecular weight excluding hydrogens is 480 g/mol. The molecule has 0 fully saturated rings. The number of halogens is 2. The van der Waals surface area contributed by atoms with Gasteiger partial charge in [-0.2, -0.15) is 0 Å². The van der Waals surface area contributed by atoms with Crippen LogP contribution in [0, 0.1) is 20.8 Å². The van der Waals surface area contributed by atoms with Crippen LogP contribution in [0.4, 0.5) is 0 Å². The molecule has 164 valence electrons. The van der Waals surface area contributed by atoms with Gasteiger partial charge in [0, 0.05) is 18.4 Å². The Morgan fingerprint density at radius 3 is 2.23 bits per heavy atom. The maximum absolute atomic E-state index is 10.6. The van der Waals surface area contributed by atoms with E-state index in [-0.39, 0.29) is 0 Å². The molecule has 0 amide bonds. The first-order valence-corrected chi connectivity index (χ1v) is 15.6. The van der Waals surface area contributed by atoms with Gasteiger partial charge in [-0.25, -0.2) is 0 Å². The molecule has 3 aromatic rings. The van der Waals surface area contributed by atoms with E-state index in [1.807, 2.05) is 13.0 Å². The zero-order valence-corrected chi connectivity index (χ0v) is 22.6. The topological polar surface area (TPSA) is 23.5 Å². The van der Waals surface area contributed by atoms with Crippen LogP contribution in [0.1, 0.15) is 34.7 Å². The zero-order chi connectivity index (χ0) is 22.8. The van der Waals surface area contributed by atoms with Crippen LogP contribution in [-0.4, -0.2) is 16.6 Å². The Kier molecular flexibility index (Phi) is 11.6. The van der Waals surface area contributed by atoms with E-state index < -0.39 is 17.0 Å². The number of hydrogen-bond donors (Lipinski definition) is 1. The second-order valence-electron chi connectivity index (χ2n) is 7.57. The summed E-state index contributed by atoms with van der Waals surface area (Å²) in [6, 6.07) is 21.4. The van der Waals surface area contributed by atoms with E-state index in [4.69, 9.17) is 18.6 Å². The predicted molar refractivity (Wildman–Crippen MR) is 134 cm³/mol. The number of aryl methyl sites for hydroxylation is 3. The second kappa shape index (κ2) is 13.6. The summed E-state index contributed by atoms with van der Waals surface area (Å²) in [5, 5.41) is 13.0. The fraction of sp³-hybridized carbons (Fsp3) is 0.280. The molecule has 31 heavy (non-hydrogen) atoms. The van der Waals surface area contributed by atoms with Crippen LogP contribution in [-0.2, 0) is 30.1 Å². The number of phenolic OH excluding ortho intramolecular Hbond substituents is 1. The molecule has 0 radical (unpaired) electrons. The van der Waals surface area contributed by atoms with Crippen LogP contribution in [0.15, 0.2) is 60.7 Å². The average Bonchev–Trinajstić information content (AvgIpc) is 2.74. The first-order valence-electron chi connectivity index (χ1n) is 10.3. The maximum atomic E-state index is 10.6. The predicted octanol–water partition coefficient (Wildman–Crippen LogP) is 6.35. The van der Waals surface area contributed by atoms with Gasteiger partial charge in [0.15, 0.2) is 0 Å². The molecule has 1 unspecified atom stereocenters. The SMILES string of the molecule is CCN(Cc1ccccc1)Cc1cccc(C)c1Pc1cc(C)cc(C)c1O.[Cl][Ti][Cl]. The van der Waals surface area contributed by atoms with Crippen molar-refractivity contribution in [2.24, 2.45) is 0 Å². The molecule has 0 saturated heterocycles. The summed E-state index contributed by atoms with van der Waals surface area (Å²) >= 11 is -0.556. The third kappa shape index (κ3) is 8.21. The molecule has 0 aliphatic carbocycles. The van der Waals surface area contributed by atoms with Gasteiger partial charge < -0.3 is 5.11 Å². The summed E-state index contributed by atoms with van der Waals surface area (Å²) in [4.78, 5) is 2.47. The number of aromatic hydroxyl groups is 1. The average molecular weight is 510 g/mol. The molecule has 0 heterocycles. The van der Waals surface area contributed by atoms with Crippen LogP contribution in [0.3, 0.4) is 0 Å². The van der Waals surface area contributed by atoms with Crippen molar-refractivity contribution >= 4 is 37.8 Å². The standard InChI is InChI=1S/C25H30NOP.2ClH.Ti/c1-5-26(16-21-11-7-6-8-12-21)17-22-13-9-10-19(3)25(22)28-23-15-18(2)14-20(4)24(23)27;;;/h6-15,27-28H,5,16-17H2,1-4H3;2*1H;/q;;;+2/p-2. The van der Waals surface area contributed by atoms with Gasteiger partial charge in [0.25, 0.3) is 0 Å². The molecule has 0 spiro atoms. The zero-order valence-electron chi connectivity index (χ0n) is 18.5. The van der Waals surface area contributed by atoms with E-state index >= 15 is 0 Å². The Morgan fingerprint density at radius 2 is 1.58 bits per heavy atom. The van der Waals surface area contributed by atoms with Gasteiger partial charge in [-0.05, 0) is 66.5 Å². The van der Waals surface area contributed by atoms with Crippen LogP contribution in [0.5, 0.6) is 5.75 Å². The molecule has 0 saturated carbocycles. The number of nitrogens with zero attached hydrogens (tertiary/aromatic N) is 1. The van der Waals surface area contributed by atoms with Crippen LogP contribution >= 0.6 is 27.2 Å².